The quantitative estimate of drug-likeness (QED) is 0.615. The average Bonchev–Trinajstić information content (AvgIpc) is 2.26. The van der Waals surface area contributed by atoms with Crippen molar-refractivity contribution in [2.45, 2.75) is 12.7 Å². The Hall–Kier alpha value is -1.10. The molecule has 0 radical (unpaired) electrons. The maximum Gasteiger partial charge on any atom is 0.119 e. The topological polar surface area (TPSA) is 75.7 Å². The second-order valence-corrected chi connectivity index (χ2v) is 3.01. The van der Waals surface area contributed by atoms with Gasteiger partial charge in [-0.1, -0.05) is 12.1 Å². The summed E-state index contributed by atoms with van der Waals surface area (Å²) in [6.07, 6.45) is -0.646. The Morgan fingerprint density at radius 1 is 1.43 bits per heavy atom. The van der Waals surface area contributed by atoms with E-state index in [1.165, 1.54) is 0 Å². The summed E-state index contributed by atoms with van der Waals surface area (Å²) in [6, 6.07) is 7.08. The van der Waals surface area contributed by atoms with Gasteiger partial charge in [-0.25, -0.2) is 0 Å². The predicted molar refractivity (Wildman–Crippen MR) is 52.9 cm³/mol. The van der Waals surface area contributed by atoms with Crippen molar-refractivity contribution in [3.8, 4) is 5.75 Å². The molecule has 0 aliphatic rings. The predicted octanol–water partition coefficient (Wildman–Crippen LogP) is -0.123. The van der Waals surface area contributed by atoms with E-state index >= 15 is 0 Å². The molecule has 0 bridgehead atoms. The van der Waals surface area contributed by atoms with Gasteiger partial charge in [0.05, 0.1) is 6.61 Å². The fourth-order valence-corrected chi connectivity index (χ4v) is 0.994. The van der Waals surface area contributed by atoms with E-state index < -0.39 is 6.10 Å². The van der Waals surface area contributed by atoms with Crippen LogP contribution < -0.4 is 10.5 Å². The molecule has 0 aliphatic carbocycles. The number of ether oxygens (including phenoxy) is 1. The van der Waals surface area contributed by atoms with Crippen LogP contribution >= 0.6 is 0 Å². The largest absolute Gasteiger partial charge is 0.491 e. The number of aliphatic hydroxyl groups excluding tert-OH is 2. The van der Waals surface area contributed by atoms with Gasteiger partial charge in [-0.15, -0.1) is 0 Å². The monoisotopic (exact) mass is 197 g/mol. The van der Waals surface area contributed by atoms with Crippen LogP contribution in [0.3, 0.4) is 0 Å². The summed E-state index contributed by atoms with van der Waals surface area (Å²) in [6.45, 7) is 0.335. The fraction of sp³-hybridized carbons (Fsp3) is 0.400. The van der Waals surface area contributed by atoms with Crippen LogP contribution in [0.15, 0.2) is 24.3 Å². The van der Waals surface area contributed by atoms with Crippen molar-refractivity contribution in [2.24, 2.45) is 5.73 Å². The highest BCUT2D eigenvalue weighted by atomic mass is 16.5. The van der Waals surface area contributed by atoms with Crippen molar-refractivity contribution in [1.82, 2.24) is 0 Å². The van der Waals surface area contributed by atoms with Gasteiger partial charge in [-0.05, 0) is 17.7 Å². The highest BCUT2D eigenvalue weighted by Crippen LogP contribution is 2.13. The van der Waals surface area contributed by atoms with E-state index in [2.05, 4.69) is 0 Å². The molecule has 0 fully saturated rings. The fourth-order valence-electron chi connectivity index (χ4n) is 0.994. The van der Waals surface area contributed by atoms with E-state index in [4.69, 9.17) is 20.7 Å². The molecule has 1 aromatic carbocycles. The van der Waals surface area contributed by atoms with Gasteiger partial charge in [0.15, 0.2) is 0 Å². The molecule has 0 saturated carbocycles. The number of rotatable bonds is 5. The lowest BCUT2D eigenvalue weighted by Gasteiger charge is -2.10. The van der Waals surface area contributed by atoms with E-state index in [9.17, 15) is 0 Å². The van der Waals surface area contributed by atoms with Gasteiger partial charge in [0.25, 0.3) is 0 Å². The number of benzene rings is 1. The first kappa shape index (κ1) is 11.0. The molecule has 4 N–H and O–H groups in total. The molecular formula is C10H15NO3. The summed E-state index contributed by atoms with van der Waals surface area (Å²) in [5.41, 5.74) is 6.00. The Bertz CT molecular complexity index is 278. The van der Waals surface area contributed by atoms with Gasteiger partial charge in [0.1, 0.15) is 18.5 Å². The van der Waals surface area contributed by atoms with Crippen molar-refractivity contribution < 1.29 is 14.9 Å². The van der Waals surface area contributed by atoms with Crippen molar-refractivity contribution in [2.75, 3.05) is 13.2 Å². The molecule has 0 saturated heterocycles. The molecule has 0 aromatic heterocycles. The van der Waals surface area contributed by atoms with Crippen LogP contribution in [-0.2, 0) is 6.61 Å². The van der Waals surface area contributed by atoms with E-state index in [0.29, 0.717) is 5.75 Å². The maximum absolute atomic E-state index is 9.15. The Morgan fingerprint density at radius 3 is 2.86 bits per heavy atom. The summed E-state index contributed by atoms with van der Waals surface area (Å²) < 4.78 is 5.26. The number of hydrogen-bond acceptors (Lipinski definition) is 4. The number of hydrogen-bond donors (Lipinski definition) is 3. The Morgan fingerprint density at radius 2 is 2.21 bits per heavy atom. The first-order valence-corrected chi connectivity index (χ1v) is 4.47. The molecule has 1 aromatic rings. The average molecular weight is 197 g/mol. The summed E-state index contributed by atoms with van der Waals surface area (Å²) >= 11 is 0. The van der Waals surface area contributed by atoms with Crippen molar-refractivity contribution in [3.05, 3.63) is 29.8 Å². The second-order valence-electron chi connectivity index (χ2n) is 3.01. The van der Waals surface area contributed by atoms with Gasteiger partial charge in [-0.3, -0.25) is 0 Å². The van der Waals surface area contributed by atoms with Crippen LogP contribution in [0.4, 0.5) is 0 Å². The van der Waals surface area contributed by atoms with Gasteiger partial charge >= 0.3 is 0 Å². The smallest absolute Gasteiger partial charge is 0.119 e. The van der Waals surface area contributed by atoms with Crippen LogP contribution in [0.2, 0.25) is 0 Å². The Kier molecular flexibility index (Phi) is 4.39. The molecule has 0 aliphatic heterocycles. The molecule has 1 unspecified atom stereocenters. The first-order valence-electron chi connectivity index (χ1n) is 4.47. The van der Waals surface area contributed by atoms with Crippen LogP contribution in [0, 0.1) is 0 Å². The molecular weight excluding hydrogens is 182 g/mol. The van der Waals surface area contributed by atoms with Crippen molar-refractivity contribution in [1.29, 1.82) is 0 Å². The van der Waals surface area contributed by atoms with E-state index in [0.717, 1.165) is 5.56 Å². The lowest BCUT2D eigenvalue weighted by molar-refractivity contribution is 0.114. The van der Waals surface area contributed by atoms with Gasteiger partial charge in [0.2, 0.25) is 0 Å². The van der Waals surface area contributed by atoms with Crippen LogP contribution in [0.5, 0.6) is 5.75 Å². The highest BCUT2D eigenvalue weighted by Gasteiger charge is 2.02. The third kappa shape index (κ3) is 3.33. The van der Waals surface area contributed by atoms with Crippen LogP contribution in [0.1, 0.15) is 5.56 Å². The van der Waals surface area contributed by atoms with Crippen molar-refractivity contribution >= 4 is 0 Å². The van der Waals surface area contributed by atoms with Crippen molar-refractivity contribution in [3.63, 3.8) is 0 Å². The standard InChI is InChI=1S/C10H15NO3/c11-5-9(13)7-14-10-3-1-2-8(4-10)6-12/h1-4,9,12-13H,5-7,11H2. The summed E-state index contributed by atoms with van der Waals surface area (Å²) in [5, 5.41) is 18.0. The SMILES string of the molecule is NCC(O)COc1cccc(CO)c1. The first-order chi connectivity index (χ1) is 6.76. The molecule has 4 nitrogen and oxygen atoms in total. The minimum absolute atomic E-state index is 0.0172. The normalized spacial score (nSPS) is 12.5. The van der Waals surface area contributed by atoms with E-state index in [-0.39, 0.29) is 19.8 Å². The molecule has 4 heteroatoms. The molecule has 1 rings (SSSR count). The Balaban J connectivity index is 2.50. The van der Waals surface area contributed by atoms with Crippen LogP contribution in [-0.4, -0.2) is 29.5 Å². The molecule has 1 atom stereocenters. The summed E-state index contributed by atoms with van der Waals surface area (Å²) in [7, 11) is 0. The zero-order valence-corrected chi connectivity index (χ0v) is 7.89. The van der Waals surface area contributed by atoms with Crippen LogP contribution in [0.25, 0.3) is 0 Å². The van der Waals surface area contributed by atoms with E-state index in [1.807, 2.05) is 0 Å². The van der Waals surface area contributed by atoms with E-state index in [1.54, 1.807) is 24.3 Å². The molecule has 78 valence electrons. The molecule has 14 heavy (non-hydrogen) atoms. The minimum Gasteiger partial charge on any atom is -0.491 e. The maximum atomic E-state index is 9.15. The molecule has 0 heterocycles. The van der Waals surface area contributed by atoms with Gasteiger partial charge in [0, 0.05) is 6.54 Å². The summed E-state index contributed by atoms with van der Waals surface area (Å²) in [4.78, 5) is 0. The van der Waals surface area contributed by atoms with Gasteiger partial charge < -0.3 is 20.7 Å². The zero-order valence-electron chi connectivity index (χ0n) is 7.89. The molecule has 0 spiro atoms. The summed E-state index contributed by atoms with van der Waals surface area (Å²) in [5.74, 6) is 0.629. The lowest BCUT2D eigenvalue weighted by Crippen LogP contribution is -2.26. The third-order valence-corrected chi connectivity index (χ3v) is 1.80. The van der Waals surface area contributed by atoms with Gasteiger partial charge in [-0.2, -0.15) is 0 Å². The lowest BCUT2D eigenvalue weighted by atomic mass is 10.2. The second kappa shape index (κ2) is 5.59. The Labute approximate surface area is 82.9 Å². The zero-order chi connectivity index (χ0) is 10.4. The molecule has 0 amide bonds. The minimum atomic E-state index is -0.646. The third-order valence-electron chi connectivity index (χ3n) is 1.80. The number of aliphatic hydroxyl groups is 2. The highest BCUT2D eigenvalue weighted by molar-refractivity contribution is 5.27. The number of nitrogens with two attached hydrogens (primary N) is 1.